The van der Waals surface area contributed by atoms with Crippen LogP contribution in [-0.4, -0.2) is 11.2 Å². The van der Waals surface area contributed by atoms with Crippen molar-refractivity contribution in [1.82, 2.24) is 0 Å². The highest BCUT2D eigenvalue weighted by atomic mass is 35.5. The zero-order valence-corrected chi connectivity index (χ0v) is 15.5. The van der Waals surface area contributed by atoms with Gasteiger partial charge in [0, 0.05) is 12.2 Å². The minimum absolute atomic E-state index is 0.0183. The van der Waals surface area contributed by atoms with Crippen molar-refractivity contribution in [2.75, 3.05) is 5.32 Å². The van der Waals surface area contributed by atoms with Crippen molar-refractivity contribution in [2.24, 2.45) is 0 Å². The van der Waals surface area contributed by atoms with Crippen LogP contribution in [0.2, 0.25) is 20.1 Å². The van der Waals surface area contributed by atoms with Crippen molar-refractivity contribution in [1.29, 1.82) is 0 Å². The quantitative estimate of drug-likeness (QED) is 0.576. The van der Waals surface area contributed by atoms with Gasteiger partial charge >= 0.3 is 0 Å². The van der Waals surface area contributed by atoms with Gasteiger partial charge in [-0.2, -0.15) is 0 Å². The van der Waals surface area contributed by atoms with E-state index in [1.54, 1.807) is 24.3 Å². The summed E-state index contributed by atoms with van der Waals surface area (Å²) >= 11 is 24.2. The Kier molecular flexibility index (Phi) is 6.15. The van der Waals surface area contributed by atoms with E-state index >= 15 is 0 Å². The van der Waals surface area contributed by atoms with Crippen molar-refractivity contribution in [3.63, 3.8) is 0 Å². The number of hydrogen-bond acceptors (Lipinski definition) is 3. The number of anilines is 1. The molecule has 7 heteroatoms. The summed E-state index contributed by atoms with van der Waals surface area (Å²) in [5.41, 5.74) is 1.55. The molecule has 2 rings (SSSR count). The molecule has 2 aromatic carbocycles. The minimum atomic E-state index is -0.139. The van der Waals surface area contributed by atoms with Crippen molar-refractivity contribution >= 4 is 52.1 Å². The second-order valence-electron chi connectivity index (χ2n) is 5.20. The molecular weight excluding hydrogens is 380 g/mol. The number of benzene rings is 2. The summed E-state index contributed by atoms with van der Waals surface area (Å²) in [5, 5.41) is 13.9. The van der Waals surface area contributed by atoms with E-state index in [9.17, 15) is 5.11 Å². The van der Waals surface area contributed by atoms with Crippen LogP contribution in [0.5, 0.6) is 11.5 Å². The predicted molar refractivity (Wildman–Crippen MR) is 97.7 cm³/mol. The first-order valence-electron chi connectivity index (χ1n) is 6.84. The Morgan fingerprint density at radius 3 is 1.96 bits per heavy atom. The number of rotatable bonds is 5. The minimum Gasteiger partial charge on any atom is -0.505 e. The second-order valence-corrected chi connectivity index (χ2v) is 6.83. The number of nitrogens with one attached hydrogen (secondary N) is 1. The lowest BCUT2D eigenvalue weighted by atomic mass is 10.2. The van der Waals surface area contributed by atoms with Crippen LogP contribution in [0, 0.1) is 0 Å². The van der Waals surface area contributed by atoms with Crippen LogP contribution >= 0.6 is 46.4 Å². The summed E-state index contributed by atoms with van der Waals surface area (Å²) in [6, 6.07) is 6.73. The number of halogens is 4. The molecule has 0 atom stereocenters. The molecule has 2 N–H and O–H groups in total. The van der Waals surface area contributed by atoms with Gasteiger partial charge in [-0.05, 0) is 43.7 Å². The fourth-order valence-electron chi connectivity index (χ4n) is 1.93. The van der Waals surface area contributed by atoms with E-state index in [1.807, 2.05) is 13.8 Å². The molecule has 0 bridgehead atoms. The molecule has 0 aliphatic rings. The molecule has 3 nitrogen and oxygen atoms in total. The molecule has 2 aromatic rings. The van der Waals surface area contributed by atoms with Gasteiger partial charge in [0.1, 0.15) is 0 Å². The third-order valence-corrected chi connectivity index (χ3v) is 4.06. The fourth-order valence-corrected chi connectivity index (χ4v) is 3.04. The van der Waals surface area contributed by atoms with Crippen molar-refractivity contribution < 1.29 is 9.84 Å². The summed E-state index contributed by atoms with van der Waals surface area (Å²) in [6.07, 6.45) is -0.0183. The van der Waals surface area contributed by atoms with Gasteiger partial charge in [0.05, 0.1) is 26.2 Å². The van der Waals surface area contributed by atoms with Crippen LogP contribution < -0.4 is 10.1 Å². The topological polar surface area (TPSA) is 41.5 Å². The fraction of sp³-hybridized carbons (Fsp3) is 0.250. The Balaban J connectivity index is 2.15. The Morgan fingerprint density at radius 1 is 0.957 bits per heavy atom. The van der Waals surface area contributed by atoms with Gasteiger partial charge in [-0.3, -0.25) is 0 Å². The average molecular weight is 395 g/mol. The average Bonchev–Trinajstić information content (AvgIpc) is 2.46. The highest BCUT2D eigenvalue weighted by Crippen LogP contribution is 2.36. The maximum absolute atomic E-state index is 9.55. The number of aromatic hydroxyl groups is 1. The van der Waals surface area contributed by atoms with Gasteiger partial charge in [0.25, 0.3) is 0 Å². The number of hydrogen-bond donors (Lipinski definition) is 2. The van der Waals surface area contributed by atoms with Gasteiger partial charge in [-0.1, -0.05) is 46.4 Å². The molecule has 0 unspecified atom stereocenters. The van der Waals surface area contributed by atoms with Crippen molar-refractivity contribution in [3.8, 4) is 11.5 Å². The molecule has 0 fully saturated rings. The summed E-state index contributed by atoms with van der Waals surface area (Å²) in [5.74, 6) is 0.336. The molecule has 0 aliphatic carbocycles. The standard InChI is InChI=1S/C16H15Cl4NO2/c1-8(2)23-16-13(19)3-9(4-14(16)20)7-21-10-5-11(17)15(22)12(18)6-10/h3-6,8,21-22H,7H2,1-2H3. The van der Waals surface area contributed by atoms with Crippen LogP contribution in [0.25, 0.3) is 0 Å². The van der Waals surface area contributed by atoms with E-state index < -0.39 is 0 Å². The lowest BCUT2D eigenvalue weighted by Gasteiger charge is -2.15. The zero-order chi connectivity index (χ0) is 17.1. The third-order valence-electron chi connectivity index (χ3n) is 2.93. The van der Waals surface area contributed by atoms with E-state index in [1.165, 1.54) is 0 Å². The molecule has 0 saturated carbocycles. The number of phenolic OH excluding ortho intramolecular Hbond substituents is 1. The van der Waals surface area contributed by atoms with Crippen molar-refractivity contribution in [3.05, 3.63) is 49.9 Å². The van der Waals surface area contributed by atoms with E-state index in [0.29, 0.717) is 28.0 Å². The Hall–Kier alpha value is -1.000. The molecule has 23 heavy (non-hydrogen) atoms. The molecule has 0 radical (unpaired) electrons. The predicted octanol–water partition coefficient (Wildman–Crippen LogP) is 6.41. The first-order chi connectivity index (χ1) is 10.8. The van der Waals surface area contributed by atoms with Crippen LogP contribution in [0.4, 0.5) is 5.69 Å². The maximum atomic E-state index is 9.55. The lowest BCUT2D eigenvalue weighted by Crippen LogP contribution is -2.07. The van der Waals surface area contributed by atoms with Crippen LogP contribution in [0.1, 0.15) is 19.4 Å². The highest BCUT2D eigenvalue weighted by molar-refractivity contribution is 6.38. The summed E-state index contributed by atoms with van der Waals surface area (Å²) in [6.45, 7) is 4.26. The van der Waals surface area contributed by atoms with Crippen LogP contribution in [-0.2, 0) is 6.54 Å². The Bertz CT molecular complexity index is 673. The maximum Gasteiger partial charge on any atom is 0.156 e. The molecule has 0 saturated heterocycles. The van der Waals surface area contributed by atoms with Crippen LogP contribution in [0.3, 0.4) is 0 Å². The number of phenols is 1. The molecule has 0 amide bonds. The molecule has 124 valence electrons. The highest BCUT2D eigenvalue weighted by Gasteiger charge is 2.12. The first-order valence-corrected chi connectivity index (χ1v) is 8.35. The summed E-state index contributed by atoms with van der Waals surface area (Å²) in [4.78, 5) is 0. The van der Waals surface area contributed by atoms with Crippen LogP contribution in [0.15, 0.2) is 24.3 Å². The van der Waals surface area contributed by atoms with Gasteiger partial charge in [-0.25, -0.2) is 0 Å². The smallest absolute Gasteiger partial charge is 0.156 e. The molecular formula is C16H15Cl4NO2. The second kappa shape index (κ2) is 7.71. The first kappa shape index (κ1) is 18.3. The van der Waals surface area contributed by atoms with E-state index in [0.717, 1.165) is 5.56 Å². The lowest BCUT2D eigenvalue weighted by molar-refractivity contribution is 0.242. The van der Waals surface area contributed by atoms with Gasteiger partial charge in [0.2, 0.25) is 0 Å². The monoisotopic (exact) mass is 393 g/mol. The van der Waals surface area contributed by atoms with Gasteiger partial charge in [-0.15, -0.1) is 0 Å². The van der Waals surface area contributed by atoms with E-state index in [4.69, 9.17) is 51.1 Å². The summed E-state index contributed by atoms with van der Waals surface area (Å²) < 4.78 is 5.59. The zero-order valence-electron chi connectivity index (χ0n) is 12.5. The third kappa shape index (κ3) is 4.74. The normalized spacial score (nSPS) is 10.9. The van der Waals surface area contributed by atoms with E-state index in [2.05, 4.69) is 5.32 Å². The number of ether oxygens (including phenoxy) is 1. The Labute approximate surface area is 155 Å². The Morgan fingerprint density at radius 2 is 1.48 bits per heavy atom. The molecule has 0 spiro atoms. The van der Waals surface area contributed by atoms with E-state index in [-0.39, 0.29) is 21.9 Å². The molecule has 0 heterocycles. The van der Waals surface area contributed by atoms with Gasteiger partial charge < -0.3 is 15.2 Å². The molecule has 0 aliphatic heterocycles. The molecule has 0 aromatic heterocycles. The summed E-state index contributed by atoms with van der Waals surface area (Å²) in [7, 11) is 0. The largest absolute Gasteiger partial charge is 0.505 e. The van der Waals surface area contributed by atoms with Crippen molar-refractivity contribution in [2.45, 2.75) is 26.5 Å². The SMILES string of the molecule is CC(C)Oc1c(Cl)cc(CNc2cc(Cl)c(O)c(Cl)c2)cc1Cl. The van der Waals surface area contributed by atoms with Gasteiger partial charge in [0.15, 0.2) is 11.5 Å².